The van der Waals surface area contributed by atoms with E-state index < -0.39 is 21.8 Å². The second-order valence-electron chi connectivity index (χ2n) is 6.71. The number of nitrogens with zero attached hydrogens (tertiary/aromatic N) is 2. The summed E-state index contributed by atoms with van der Waals surface area (Å²) in [5.41, 5.74) is 1.22. The van der Waals surface area contributed by atoms with Crippen LogP contribution in [0.5, 0.6) is 0 Å². The lowest BCUT2D eigenvalue weighted by atomic mass is 10.2. The van der Waals surface area contributed by atoms with E-state index in [1.807, 2.05) is 0 Å². The maximum absolute atomic E-state index is 12.8. The molecular weight excluding hydrogens is 437 g/mol. The number of halogens is 3. The normalized spacial score (nSPS) is 14.0. The molecular formula is C19H17F3N4O2S2. The van der Waals surface area contributed by atoms with Gasteiger partial charge in [-0.15, -0.1) is 11.3 Å². The number of hydrogen-bond donors (Lipinski definition) is 2. The average Bonchev–Trinajstić information content (AvgIpc) is 3.30. The zero-order chi connectivity index (χ0) is 21.5. The first kappa shape index (κ1) is 20.8. The van der Waals surface area contributed by atoms with E-state index in [9.17, 15) is 21.6 Å². The zero-order valence-electron chi connectivity index (χ0n) is 15.7. The summed E-state index contributed by atoms with van der Waals surface area (Å²) in [4.78, 5) is 9.73. The molecule has 1 aromatic carbocycles. The molecule has 0 fully saturated rings. The fourth-order valence-corrected chi connectivity index (χ4v) is 5.11. The molecule has 0 spiro atoms. The van der Waals surface area contributed by atoms with Crippen LogP contribution >= 0.6 is 11.3 Å². The Morgan fingerprint density at radius 1 is 1.13 bits per heavy atom. The Kier molecular flexibility index (Phi) is 5.28. The highest BCUT2D eigenvalue weighted by Gasteiger charge is 2.30. The Balaban J connectivity index is 1.75. The Morgan fingerprint density at radius 2 is 1.93 bits per heavy atom. The van der Waals surface area contributed by atoms with Gasteiger partial charge in [0.2, 0.25) is 10.0 Å². The van der Waals surface area contributed by atoms with Gasteiger partial charge in [0.05, 0.1) is 21.8 Å². The fourth-order valence-electron chi connectivity index (χ4n) is 3.17. The van der Waals surface area contributed by atoms with Crippen molar-refractivity contribution in [1.29, 1.82) is 0 Å². The number of nitrogens with one attached hydrogen (secondary N) is 2. The van der Waals surface area contributed by atoms with Crippen molar-refractivity contribution in [3.05, 3.63) is 52.7 Å². The van der Waals surface area contributed by atoms with Gasteiger partial charge in [0, 0.05) is 16.6 Å². The summed E-state index contributed by atoms with van der Waals surface area (Å²) in [6, 6.07) is 6.65. The summed E-state index contributed by atoms with van der Waals surface area (Å²) in [6.45, 7) is 0. The summed E-state index contributed by atoms with van der Waals surface area (Å²) in [5, 5.41) is 3.64. The van der Waals surface area contributed by atoms with E-state index in [1.165, 1.54) is 41.5 Å². The molecule has 30 heavy (non-hydrogen) atoms. The van der Waals surface area contributed by atoms with Gasteiger partial charge in [0.25, 0.3) is 0 Å². The second kappa shape index (κ2) is 7.64. The number of aryl methyl sites for hydroxylation is 2. The Labute approximate surface area is 175 Å². The third-order valence-electron chi connectivity index (χ3n) is 4.75. The van der Waals surface area contributed by atoms with Crippen LogP contribution in [0.2, 0.25) is 0 Å². The molecule has 3 aromatic rings. The van der Waals surface area contributed by atoms with Crippen LogP contribution in [-0.2, 0) is 29.0 Å². The van der Waals surface area contributed by atoms with Gasteiger partial charge in [-0.1, -0.05) is 0 Å². The van der Waals surface area contributed by atoms with Crippen molar-refractivity contribution in [2.75, 3.05) is 12.4 Å². The van der Waals surface area contributed by atoms with Crippen LogP contribution < -0.4 is 10.0 Å². The van der Waals surface area contributed by atoms with E-state index in [4.69, 9.17) is 0 Å². The molecule has 0 unspecified atom stereocenters. The largest absolute Gasteiger partial charge is 0.417 e. The van der Waals surface area contributed by atoms with Gasteiger partial charge < -0.3 is 5.32 Å². The first-order chi connectivity index (χ1) is 14.2. The summed E-state index contributed by atoms with van der Waals surface area (Å²) in [5.74, 6) is 0.206. The molecule has 0 bridgehead atoms. The van der Waals surface area contributed by atoms with E-state index in [1.54, 1.807) is 6.07 Å². The van der Waals surface area contributed by atoms with Gasteiger partial charge in [-0.2, -0.15) is 13.2 Å². The molecule has 4 rings (SSSR count). The van der Waals surface area contributed by atoms with E-state index in [-0.39, 0.29) is 10.7 Å². The minimum absolute atomic E-state index is 0.0706. The Hall–Kier alpha value is -2.50. The summed E-state index contributed by atoms with van der Waals surface area (Å²) < 4.78 is 65.1. The highest BCUT2D eigenvalue weighted by atomic mass is 32.2. The minimum Gasteiger partial charge on any atom is -0.340 e. The number of rotatable bonds is 5. The maximum atomic E-state index is 12.8. The highest BCUT2D eigenvalue weighted by Crippen LogP contribution is 2.39. The monoisotopic (exact) mass is 454 g/mol. The number of anilines is 2. The standard InChI is InChI=1S/C19H17F3N4O2S2/c1-23-30(27,28)12-6-7-14(25-17-8-5-11(10-24-17)19(20,21)22)13(9-12)18-26-15-3-2-4-16(15)29-18/h5-10,23H,2-4H2,1H3,(H,24,25). The Morgan fingerprint density at radius 3 is 2.57 bits per heavy atom. The number of pyridine rings is 1. The molecule has 0 saturated carbocycles. The van der Waals surface area contributed by atoms with Gasteiger partial charge in [0.1, 0.15) is 10.8 Å². The first-order valence-corrected chi connectivity index (χ1v) is 11.3. The van der Waals surface area contributed by atoms with Crippen LogP contribution in [0.3, 0.4) is 0 Å². The molecule has 2 heterocycles. The molecule has 0 radical (unpaired) electrons. The molecule has 158 valence electrons. The van der Waals surface area contributed by atoms with Gasteiger partial charge in [-0.25, -0.2) is 23.1 Å². The molecule has 0 atom stereocenters. The van der Waals surface area contributed by atoms with E-state index >= 15 is 0 Å². The molecule has 2 aromatic heterocycles. The van der Waals surface area contributed by atoms with Crippen LogP contribution in [0.15, 0.2) is 41.4 Å². The van der Waals surface area contributed by atoms with Crippen LogP contribution in [0.25, 0.3) is 10.6 Å². The van der Waals surface area contributed by atoms with Crippen molar-refractivity contribution in [2.45, 2.75) is 30.3 Å². The van der Waals surface area contributed by atoms with E-state index in [0.29, 0.717) is 16.3 Å². The predicted octanol–water partition coefficient (Wildman–Crippen LogP) is 4.36. The van der Waals surface area contributed by atoms with Gasteiger partial charge >= 0.3 is 6.18 Å². The molecule has 2 N–H and O–H groups in total. The van der Waals surface area contributed by atoms with Gasteiger partial charge in [0.15, 0.2) is 0 Å². The second-order valence-corrected chi connectivity index (χ2v) is 9.68. The smallest absolute Gasteiger partial charge is 0.340 e. The van der Waals surface area contributed by atoms with Crippen molar-refractivity contribution < 1.29 is 21.6 Å². The molecule has 0 amide bonds. The third-order valence-corrected chi connectivity index (χ3v) is 7.35. The minimum atomic E-state index is -4.47. The number of aromatic nitrogens is 2. The predicted molar refractivity (Wildman–Crippen MR) is 108 cm³/mol. The molecule has 6 nitrogen and oxygen atoms in total. The van der Waals surface area contributed by atoms with Crippen LogP contribution in [0, 0.1) is 0 Å². The lowest BCUT2D eigenvalue weighted by molar-refractivity contribution is -0.137. The fraction of sp³-hybridized carbons (Fsp3) is 0.263. The van der Waals surface area contributed by atoms with Crippen molar-refractivity contribution in [1.82, 2.24) is 14.7 Å². The molecule has 1 aliphatic rings. The van der Waals surface area contributed by atoms with Crippen LogP contribution in [-0.4, -0.2) is 25.4 Å². The number of benzene rings is 1. The topological polar surface area (TPSA) is 84.0 Å². The number of fused-ring (bicyclic) bond motifs is 1. The number of sulfonamides is 1. The third kappa shape index (κ3) is 4.05. The van der Waals surface area contributed by atoms with E-state index in [0.717, 1.165) is 37.2 Å². The first-order valence-electron chi connectivity index (χ1n) is 9.04. The summed E-state index contributed by atoms with van der Waals surface area (Å²) >= 11 is 1.50. The van der Waals surface area contributed by atoms with Crippen LogP contribution in [0.1, 0.15) is 22.6 Å². The Bertz CT molecular complexity index is 1170. The number of alkyl halides is 3. The van der Waals surface area contributed by atoms with Gasteiger partial charge in [-0.05, 0) is 56.6 Å². The van der Waals surface area contributed by atoms with E-state index in [2.05, 4.69) is 20.0 Å². The number of thiazole rings is 1. The number of hydrogen-bond acceptors (Lipinski definition) is 6. The lowest BCUT2D eigenvalue weighted by Crippen LogP contribution is -2.18. The SMILES string of the molecule is CNS(=O)(=O)c1ccc(Nc2ccc(C(F)(F)F)cn2)c(-c2nc3c(s2)CCC3)c1. The average molecular weight is 454 g/mol. The quantitative estimate of drug-likeness (QED) is 0.598. The maximum Gasteiger partial charge on any atom is 0.417 e. The summed E-state index contributed by atoms with van der Waals surface area (Å²) in [7, 11) is -2.35. The molecule has 0 saturated heterocycles. The zero-order valence-corrected chi connectivity index (χ0v) is 17.4. The summed E-state index contributed by atoms with van der Waals surface area (Å²) in [6.07, 6.45) is -0.863. The van der Waals surface area contributed by atoms with Crippen molar-refractivity contribution in [3.8, 4) is 10.6 Å². The van der Waals surface area contributed by atoms with Crippen LogP contribution in [0.4, 0.5) is 24.7 Å². The highest BCUT2D eigenvalue weighted by molar-refractivity contribution is 7.89. The lowest BCUT2D eigenvalue weighted by Gasteiger charge is -2.13. The van der Waals surface area contributed by atoms with Gasteiger partial charge in [-0.3, -0.25) is 0 Å². The molecule has 11 heteroatoms. The van der Waals surface area contributed by atoms with Crippen molar-refractivity contribution in [3.63, 3.8) is 0 Å². The molecule has 0 aliphatic heterocycles. The van der Waals surface area contributed by atoms with Crippen molar-refractivity contribution >= 4 is 32.9 Å². The van der Waals surface area contributed by atoms with Crippen molar-refractivity contribution in [2.24, 2.45) is 0 Å². The molecule has 1 aliphatic carbocycles.